The number of alkyl halides is 3. The molecule has 1 atom stereocenters. The highest BCUT2D eigenvalue weighted by molar-refractivity contribution is 5.96. The van der Waals surface area contributed by atoms with E-state index in [1.165, 1.54) is 0 Å². The summed E-state index contributed by atoms with van der Waals surface area (Å²) in [7, 11) is 0. The zero-order valence-corrected chi connectivity index (χ0v) is 10.3. The van der Waals surface area contributed by atoms with Gasteiger partial charge in [0, 0.05) is 0 Å². The standard InChI is InChI=1S/C12H9F4NO4/c13-6-1-2-7(8(3-6)12(14,15)16)10(20)17-11(5-21-11)4-9(18)19/h1-3H,4-5H2,(H,17,20)(H,18,19). The predicted molar refractivity (Wildman–Crippen MR) is 59.8 cm³/mol. The van der Waals surface area contributed by atoms with Gasteiger partial charge in [0.15, 0.2) is 5.72 Å². The Morgan fingerprint density at radius 3 is 2.48 bits per heavy atom. The van der Waals surface area contributed by atoms with E-state index >= 15 is 0 Å². The van der Waals surface area contributed by atoms with Crippen LogP contribution in [0.1, 0.15) is 22.3 Å². The molecule has 0 aliphatic carbocycles. The molecule has 1 aromatic carbocycles. The summed E-state index contributed by atoms with van der Waals surface area (Å²) in [5, 5.41) is 10.7. The first kappa shape index (κ1) is 15.2. The number of hydrogen-bond acceptors (Lipinski definition) is 3. The molecule has 1 amide bonds. The molecule has 0 radical (unpaired) electrons. The second-order valence-electron chi connectivity index (χ2n) is 4.50. The van der Waals surface area contributed by atoms with Gasteiger partial charge in [-0.05, 0) is 18.2 Å². The second kappa shape index (κ2) is 4.99. The van der Waals surface area contributed by atoms with Gasteiger partial charge in [-0.1, -0.05) is 0 Å². The lowest BCUT2D eigenvalue weighted by Gasteiger charge is -2.15. The lowest BCUT2D eigenvalue weighted by molar-refractivity contribution is -0.139. The van der Waals surface area contributed by atoms with Crippen LogP contribution in [0.3, 0.4) is 0 Å². The summed E-state index contributed by atoms with van der Waals surface area (Å²) in [5.41, 5.74) is -3.74. The number of benzene rings is 1. The van der Waals surface area contributed by atoms with E-state index in [0.717, 1.165) is 0 Å². The van der Waals surface area contributed by atoms with Crippen molar-refractivity contribution in [2.45, 2.75) is 18.3 Å². The Hall–Kier alpha value is -2.16. The number of nitrogens with one attached hydrogen (secondary N) is 1. The maximum absolute atomic E-state index is 12.9. The third-order valence-corrected chi connectivity index (χ3v) is 2.80. The number of ether oxygens (including phenoxy) is 1. The summed E-state index contributed by atoms with van der Waals surface area (Å²) in [6.45, 7) is -0.117. The van der Waals surface area contributed by atoms with Gasteiger partial charge >= 0.3 is 12.1 Å². The minimum atomic E-state index is -4.92. The summed E-state index contributed by atoms with van der Waals surface area (Å²) in [6, 6.07) is 1.60. The van der Waals surface area contributed by atoms with Gasteiger partial charge in [0.25, 0.3) is 5.91 Å². The van der Waals surface area contributed by atoms with Gasteiger partial charge in [-0.2, -0.15) is 13.2 Å². The highest BCUT2D eigenvalue weighted by Gasteiger charge is 2.49. The van der Waals surface area contributed by atoms with Crippen LogP contribution in [0.25, 0.3) is 0 Å². The van der Waals surface area contributed by atoms with Crippen LogP contribution >= 0.6 is 0 Å². The number of halogens is 4. The maximum Gasteiger partial charge on any atom is 0.417 e. The van der Waals surface area contributed by atoms with Crippen molar-refractivity contribution in [1.82, 2.24) is 5.32 Å². The third kappa shape index (κ3) is 3.48. The fourth-order valence-corrected chi connectivity index (χ4v) is 1.77. The van der Waals surface area contributed by atoms with Crippen LogP contribution in [0.4, 0.5) is 17.6 Å². The van der Waals surface area contributed by atoms with Crippen LogP contribution in [-0.2, 0) is 15.7 Å². The van der Waals surface area contributed by atoms with E-state index < -0.39 is 47.1 Å². The van der Waals surface area contributed by atoms with Gasteiger partial charge in [-0.3, -0.25) is 9.59 Å². The molecule has 0 bridgehead atoms. The van der Waals surface area contributed by atoms with Crippen LogP contribution in [-0.4, -0.2) is 29.3 Å². The number of aliphatic carboxylic acids is 1. The Balaban J connectivity index is 2.26. The molecule has 1 aliphatic heterocycles. The maximum atomic E-state index is 12.9. The van der Waals surface area contributed by atoms with Gasteiger partial charge in [0.2, 0.25) is 0 Å². The number of carbonyl (C=O) groups excluding carboxylic acids is 1. The monoisotopic (exact) mass is 307 g/mol. The number of epoxide rings is 1. The minimum Gasteiger partial charge on any atom is -0.481 e. The minimum absolute atomic E-state index is 0.117. The Morgan fingerprint density at radius 1 is 1.38 bits per heavy atom. The van der Waals surface area contributed by atoms with E-state index in [1.807, 2.05) is 0 Å². The van der Waals surface area contributed by atoms with Gasteiger partial charge in [-0.15, -0.1) is 0 Å². The molecule has 1 saturated heterocycles. The lowest BCUT2D eigenvalue weighted by atomic mass is 10.1. The van der Waals surface area contributed by atoms with Crippen molar-refractivity contribution >= 4 is 11.9 Å². The van der Waals surface area contributed by atoms with Crippen molar-refractivity contribution in [2.24, 2.45) is 0 Å². The summed E-state index contributed by atoms with van der Waals surface area (Å²) in [6.07, 6.45) is -5.50. The summed E-state index contributed by atoms with van der Waals surface area (Å²) in [5.74, 6) is -3.59. The molecule has 114 valence electrons. The highest BCUT2D eigenvalue weighted by atomic mass is 19.4. The number of amides is 1. The van der Waals surface area contributed by atoms with Gasteiger partial charge in [-0.25, -0.2) is 4.39 Å². The molecular weight excluding hydrogens is 298 g/mol. The normalized spacial score (nSPS) is 21.0. The third-order valence-electron chi connectivity index (χ3n) is 2.80. The first-order valence-electron chi connectivity index (χ1n) is 5.68. The molecule has 1 unspecified atom stereocenters. The predicted octanol–water partition coefficient (Wildman–Crippen LogP) is 1.78. The Kier molecular flexibility index (Phi) is 3.62. The summed E-state index contributed by atoms with van der Waals surface area (Å²) >= 11 is 0. The zero-order valence-electron chi connectivity index (χ0n) is 10.3. The second-order valence-corrected chi connectivity index (χ2v) is 4.50. The molecule has 2 N–H and O–H groups in total. The number of carbonyl (C=O) groups is 2. The molecule has 2 rings (SSSR count). The van der Waals surface area contributed by atoms with Gasteiger partial charge in [0.05, 0.1) is 24.2 Å². The van der Waals surface area contributed by atoms with E-state index in [-0.39, 0.29) is 12.7 Å². The molecule has 1 aliphatic rings. The fraction of sp³-hybridized carbons (Fsp3) is 0.333. The fourth-order valence-electron chi connectivity index (χ4n) is 1.77. The van der Waals surface area contributed by atoms with E-state index in [2.05, 4.69) is 5.32 Å². The van der Waals surface area contributed by atoms with Crippen molar-refractivity contribution in [3.8, 4) is 0 Å². The Labute approximate surface area is 115 Å². The smallest absolute Gasteiger partial charge is 0.417 e. The van der Waals surface area contributed by atoms with Gasteiger partial charge < -0.3 is 15.2 Å². The first-order chi connectivity index (χ1) is 9.63. The number of carboxylic acids is 1. The summed E-state index contributed by atoms with van der Waals surface area (Å²) < 4.78 is 56.0. The SMILES string of the molecule is O=C(O)CC1(NC(=O)c2ccc(F)cc2C(F)(F)F)CO1. The van der Waals surface area contributed by atoms with E-state index in [0.29, 0.717) is 12.1 Å². The quantitative estimate of drug-likeness (QED) is 0.656. The van der Waals surface area contributed by atoms with Crippen molar-refractivity contribution in [3.63, 3.8) is 0 Å². The lowest BCUT2D eigenvalue weighted by Crippen LogP contribution is -2.40. The van der Waals surface area contributed by atoms with Crippen LogP contribution in [0, 0.1) is 5.82 Å². The molecule has 1 fully saturated rings. The largest absolute Gasteiger partial charge is 0.481 e. The van der Waals surface area contributed by atoms with E-state index in [9.17, 15) is 27.2 Å². The molecule has 0 aromatic heterocycles. The van der Waals surface area contributed by atoms with Crippen molar-refractivity contribution < 1.29 is 37.0 Å². The first-order valence-corrected chi connectivity index (χ1v) is 5.68. The molecular formula is C12H9F4NO4. The Bertz CT molecular complexity index is 595. The molecule has 0 saturated carbocycles. The highest BCUT2D eigenvalue weighted by Crippen LogP contribution is 2.34. The summed E-state index contributed by atoms with van der Waals surface area (Å²) in [4.78, 5) is 22.4. The average Bonchev–Trinajstić information content (AvgIpc) is 3.06. The number of carboxylic acid groups (broad SMARTS) is 1. The van der Waals surface area contributed by atoms with Crippen LogP contribution < -0.4 is 5.32 Å². The number of hydrogen-bond donors (Lipinski definition) is 2. The van der Waals surface area contributed by atoms with Crippen LogP contribution in [0.15, 0.2) is 18.2 Å². The number of rotatable bonds is 4. The zero-order chi connectivity index (χ0) is 15.8. The molecule has 1 aromatic rings. The molecule has 0 spiro atoms. The average molecular weight is 307 g/mol. The van der Waals surface area contributed by atoms with Crippen LogP contribution in [0.5, 0.6) is 0 Å². The molecule has 9 heteroatoms. The van der Waals surface area contributed by atoms with E-state index in [4.69, 9.17) is 9.84 Å². The van der Waals surface area contributed by atoms with Crippen molar-refractivity contribution in [1.29, 1.82) is 0 Å². The van der Waals surface area contributed by atoms with E-state index in [1.54, 1.807) is 0 Å². The Morgan fingerprint density at radius 2 is 2.00 bits per heavy atom. The topological polar surface area (TPSA) is 78.9 Å². The van der Waals surface area contributed by atoms with Crippen LogP contribution in [0.2, 0.25) is 0 Å². The van der Waals surface area contributed by atoms with Crippen molar-refractivity contribution in [3.05, 3.63) is 35.1 Å². The molecule has 1 heterocycles. The molecule has 5 nitrogen and oxygen atoms in total. The van der Waals surface area contributed by atoms with Gasteiger partial charge in [0.1, 0.15) is 5.82 Å². The molecule has 21 heavy (non-hydrogen) atoms. The van der Waals surface area contributed by atoms with Crippen molar-refractivity contribution in [2.75, 3.05) is 6.61 Å².